The minimum absolute atomic E-state index is 0. The molecule has 5 rings (SSSR count). The van der Waals surface area contributed by atoms with E-state index in [-0.39, 0.29) is 93.1 Å². The molecule has 2 aliphatic rings. The molecule has 0 fully saturated rings. The number of aryl methyl sites for hydroxylation is 3. The molecule has 3 aromatic rings. The molecule has 10 nitrogen and oxygen atoms in total. The molecule has 0 amide bonds. The maximum atomic E-state index is 12.7. The van der Waals surface area contributed by atoms with Gasteiger partial charge in [0.2, 0.25) is 0 Å². The zero-order valence-corrected chi connectivity index (χ0v) is 29.6. The van der Waals surface area contributed by atoms with Gasteiger partial charge in [0.15, 0.2) is 0 Å². The Bertz CT molecular complexity index is 1970. The first-order chi connectivity index (χ1) is 20.9. The van der Waals surface area contributed by atoms with Crippen molar-refractivity contribution in [2.24, 2.45) is 0 Å². The molecule has 0 aliphatic carbocycles. The molecule has 2 aliphatic heterocycles. The molecule has 0 aromatic carbocycles. The van der Waals surface area contributed by atoms with Gasteiger partial charge in [-0.05, 0) is 74.1 Å². The maximum Gasteiger partial charge on any atom is 2.00 e. The van der Waals surface area contributed by atoms with Crippen LogP contribution in [0, 0.1) is 13.8 Å². The summed E-state index contributed by atoms with van der Waals surface area (Å²) in [4.78, 5) is 53.2. The van der Waals surface area contributed by atoms with E-state index in [1.54, 1.807) is 13.0 Å². The van der Waals surface area contributed by atoms with Gasteiger partial charge in [-0.1, -0.05) is 26.5 Å². The summed E-state index contributed by atoms with van der Waals surface area (Å²) in [6, 6.07) is 5.70. The molecule has 2 atom stereocenters. The van der Waals surface area contributed by atoms with Crippen LogP contribution >= 0.6 is 0 Å². The van der Waals surface area contributed by atoms with Crippen molar-refractivity contribution in [2.75, 3.05) is 0 Å². The van der Waals surface area contributed by atoms with Crippen LogP contribution in [0.4, 0.5) is 0 Å². The maximum absolute atomic E-state index is 12.7. The first kappa shape index (κ1) is 37.2. The van der Waals surface area contributed by atoms with E-state index in [1.165, 1.54) is 0 Å². The first-order valence-corrected chi connectivity index (χ1v) is 14.6. The number of aliphatic carboxylic acids is 2. The number of carbonyl (C=O) groups is 3. The summed E-state index contributed by atoms with van der Waals surface area (Å²) < 4.78 is 0. The zero-order valence-electron chi connectivity index (χ0n) is 28.5. The number of rotatable bonds is 8. The van der Waals surface area contributed by atoms with E-state index in [2.05, 4.69) is 16.5 Å². The summed E-state index contributed by atoms with van der Waals surface area (Å²) in [6.07, 6.45) is 2.04. The average molecular weight is 702 g/mol. The molecule has 5 heterocycles. The van der Waals surface area contributed by atoms with E-state index in [1.807, 2.05) is 45.9 Å². The average Bonchev–Trinajstić information content (AvgIpc) is 3.63. The first-order valence-electron chi connectivity index (χ1n) is 14.6. The predicted octanol–water partition coefficient (Wildman–Crippen LogP) is 6.53. The molecule has 0 spiro atoms. The molecular weight excluding hydrogens is 664 g/mol. The number of fused-ring (bicyclic) bond motifs is 8. The normalized spacial score (nSPS) is 15.6. The summed E-state index contributed by atoms with van der Waals surface area (Å²) in [5.74, 6) is -4.08. The van der Waals surface area contributed by atoms with Gasteiger partial charge in [0, 0.05) is 68.7 Å². The number of aromatic nitrogens is 4. The number of hydrogen-bond acceptors (Lipinski definition) is 5. The smallest absolute Gasteiger partial charge is 1.00 e. The van der Waals surface area contributed by atoms with Crippen molar-refractivity contribution in [3.05, 3.63) is 81.4 Å². The van der Waals surface area contributed by atoms with Crippen molar-refractivity contribution in [3.63, 3.8) is 0 Å². The third kappa shape index (κ3) is 6.75. The van der Waals surface area contributed by atoms with Gasteiger partial charge >= 0.3 is 55.6 Å². The van der Waals surface area contributed by atoms with Gasteiger partial charge in [-0.3, -0.25) is 14.6 Å². The Kier molecular flexibility index (Phi) is 11.9. The van der Waals surface area contributed by atoms with Crippen molar-refractivity contribution in [3.8, 4) is 0 Å². The van der Waals surface area contributed by atoms with E-state index >= 15 is 0 Å². The summed E-state index contributed by atoms with van der Waals surface area (Å²) >= 11 is 0. The Morgan fingerprint density at radius 3 is 2.20 bits per heavy atom. The standard InChI is InChI=1S/C34H36N4O6.Ca.Cu.2H/c1-7-19-15(3)23-12-25-17(5)21(9-10-29(39)40)32(37-25)22(11-30(41)42)33-31(34(43)44)18(6)26(38-33)14-28-20(8-2)16(4)24(36-28)13-27(19)35-23;;;;/h7,12-14,17,21,36,38H,1,8-11H2,2-6H3,(H,39,40)(H,41,42)(H,43,44);;;;/q;+2;;2*-1/t17-,21-;;;;/m0..../s1. The molecule has 3 aromatic heterocycles. The second-order valence-corrected chi connectivity index (χ2v) is 11.5. The van der Waals surface area contributed by atoms with Crippen molar-refractivity contribution >= 4 is 88.9 Å². The summed E-state index contributed by atoms with van der Waals surface area (Å²) in [6.45, 7) is 13.7. The van der Waals surface area contributed by atoms with E-state index in [0.29, 0.717) is 28.2 Å². The summed E-state index contributed by atoms with van der Waals surface area (Å²) in [7, 11) is 0. The van der Waals surface area contributed by atoms with Gasteiger partial charge in [-0.15, -0.1) is 0 Å². The quantitative estimate of drug-likeness (QED) is 0.165. The van der Waals surface area contributed by atoms with Gasteiger partial charge < -0.3 is 28.1 Å². The van der Waals surface area contributed by atoms with Gasteiger partial charge in [0.1, 0.15) is 0 Å². The van der Waals surface area contributed by atoms with Crippen LogP contribution in [0.1, 0.15) is 104 Å². The Labute approximate surface area is 309 Å². The van der Waals surface area contributed by atoms with Crippen LogP contribution in [-0.2, 0) is 39.5 Å². The number of carboxylic acids is 3. The Hall–Kier alpha value is -3.21. The third-order valence-corrected chi connectivity index (χ3v) is 8.95. The molecule has 1 radical (unpaired) electrons. The number of H-pyrrole nitrogens is 2. The van der Waals surface area contributed by atoms with Gasteiger partial charge in [-0.2, -0.15) is 0 Å². The molecule has 0 saturated heterocycles. The van der Waals surface area contributed by atoms with Gasteiger partial charge in [-0.25, -0.2) is 9.78 Å². The molecule has 243 valence electrons. The summed E-state index contributed by atoms with van der Waals surface area (Å²) in [5, 5.41) is 29.9. The number of aromatic amines is 2. The fourth-order valence-corrected chi connectivity index (χ4v) is 6.53. The van der Waals surface area contributed by atoms with Crippen molar-refractivity contribution < 1.29 is 49.6 Å². The van der Waals surface area contributed by atoms with Crippen LogP contribution < -0.4 is 0 Å². The number of nitrogens with one attached hydrogen (secondary N) is 2. The number of hydrogen-bond donors (Lipinski definition) is 5. The minimum atomic E-state index is -1.20. The molecule has 0 unspecified atom stereocenters. The van der Waals surface area contributed by atoms with Crippen molar-refractivity contribution in [2.45, 2.75) is 72.1 Å². The fraction of sp³-hybridized carbons (Fsp3) is 0.324. The predicted molar refractivity (Wildman–Crippen MR) is 177 cm³/mol. The topological polar surface area (TPSA) is 169 Å². The molecule has 0 saturated carbocycles. The van der Waals surface area contributed by atoms with Crippen LogP contribution in [0.2, 0.25) is 0 Å². The Morgan fingerprint density at radius 2 is 1.61 bits per heavy atom. The van der Waals surface area contributed by atoms with Gasteiger partial charge in [0.05, 0.1) is 34.6 Å². The number of aromatic carboxylic acids is 1. The minimum Gasteiger partial charge on any atom is -1.00 e. The van der Waals surface area contributed by atoms with Crippen molar-refractivity contribution in [1.82, 2.24) is 19.9 Å². The van der Waals surface area contributed by atoms with E-state index in [4.69, 9.17) is 9.97 Å². The Balaban J connectivity index is 0.00000288. The zero-order chi connectivity index (χ0) is 32.0. The van der Waals surface area contributed by atoms with Crippen molar-refractivity contribution in [1.29, 1.82) is 0 Å². The number of carboxylic acid groups (broad SMARTS) is 3. The van der Waals surface area contributed by atoms with Crippen LogP contribution in [0.5, 0.6) is 0 Å². The largest absolute Gasteiger partial charge is 2.00 e. The molecule has 12 heteroatoms. The van der Waals surface area contributed by atoms with Crippen LogP contribution in [-0.4, -0.2) is 90.9 Å². The number of nitrogens with zero attached hydrogens (tertiary/aromatic N) is 2. The molecule has 8 bridgehead atoms. The fourth-order valence-electron chi connectivity index (χ4n) is 6.53. The summed E-state index contributed by atoms with van der Waals surface area (Å²) in [5.41, 5.74) is 9.27. The molecule has 5 N–H and O–H groups in total. The SMILES string of the molecule is C=CC1=C(C)c2cc3nc(c(CC(=O)O)c4[nH]c(cc5[nH]c(cc1n2)c(C)c5CC)c(C)c4C(=O)O)[C@@H](CCC(=O)O)[C@@H]3C.[Ca+2].[Cu].[H-].[H-]. The Morgan fingerprint density at radius 1 is 0.935 bits per heavy atom. The van der Waals surface area contributed by atoms with Crippen LogP contribution in [0.3, 0.4) is 0 Å². The number of allylic oxidation sites excluding steroid dienone is 3. The second kappa shape index (κ2) is 14.7. The van der Waals surface area contributed by atoms with Crippen LogP contribution in [0.25, 0.3) is 33.2 Å². The second-order valence-electron chi connectivity index (χ2n) is 11.5. The molecular formula is C34H38CaCuN4O6. The third-order valence-electron chi connectivity index (χ3n) is 8.95. The monoisotopic (exact) mass is 701 g/mol. The van der Waals surface area contributed by atoms with Crippen LogP contribution in [0.15, 0.2) is 30.9 Å². The van der Waals surface area contributed by atoms with E-state index in [0.717, 1.165) is 45.4 Å². The molecule has 46 heavy (non-hydrogen) atoms. The van der Waals surface area contributed by atoms with E-state index in [9.17, 15) is 29.7 Å². The van der Waals surface area contributed by atoms with E-state index < -0.39 is 30.2 Å². The van der Waals surface area contributed by atoms with Gasteiger partial charge in [0.25, 0.3) is 0 Å².